The number of aliphatic carboxylic acids is 1. The maximum Gasteiger partial charge on any atom is 0.322 e. The number of methoxy groups -OCH3 is 1. The first kappa shape index (κ1) is 12.2. The zero-order valence-electron chi connectivity index (χ0n) is 8.14. The van der Waals surface area contributed by atoms with Crippen LogP contribution < -0.4 is 4.74 Å². The van der Waals surface area contributed by atoms with E-state index in [0.29, 0.717) is 5.75 Å². The van der Waals surface area contributed by atoms with Crippen molar-refractivity contribution >= 4 is 29.3 Å². The van der Waals surface area contributed by atoms with Crippen LogP contribution in [0.3, 0.4) is 0 Å². The summed E-state index contributed by atoms with van der Waals surface area (Å²) in [5.41, 5.74) is 0. The second kappa shape index (κ2) is 5.88. The van der Waals surface area contributed by atoms with Crippen LogP contribution in [0.1, 0.15) is 0 Å². The molecule has 0 amide bonds. The SMILES string of the molecule is COc1cccc(SCC(Cl)C(=O)O)c1. The van der Waals surface area contributed by atoms with Crippen LogP contribution in [0.15, 0.2) is 29.2 Å². The average Bonchev–Trinajstić information content (AvgIpc) is 2.26. The number of halogens is 1. The van der Waals surface area contributed by atoms with Crippen molar-refractivity contribution in [3.63, 3.8) is 0 Å². The summed E-state index contributed by atoms with van der Waals surface area (Å²) in [5, 5.41) is 7.73. The number of benzene rings is 1. The minimum absolute atomic E-state index is 0.337. The van der Waals surface area contributed by atoms with Crippen molar-refractivity contribution < 1.29 is 14.6 Å². The maximum atomic E-state index is 10.5. The molecule has 0 saturated heterocycles. The molecule has 0 aliphatic carbocycles. The molecule has 1 atom stereocenters. The van der Waals surface area contributed by atoms with Crippen molar-refractivity contribution in [3.05, 3.63) is 24.3 Å². The first-order chi connectivity index (χ1) is 7.13. The third kappa shape index (κ3) is 4.01. The number of alkyl halides is 1. The summed E-state index contributed by atoms with van der Waals surface area (Å²) in [5.74, 6) is 0.0952. The van der Waals surface area contributed by atoms with Gasteiger partial charge in [0.15, 0.2) is 0 Å². The van der Waals surface area contributed by atoms with Gasteiger partial charge >= 0.3 is 5.97 Å². The van der Waals surface area contributed by atoms with Gasteiger partial charge in [-0.2, -0.15) is 0 Å². The zero-order valence-corrected chi connectivity index (χ0v) is 9.72. The summed E-state index contributed by atoms with van der Waals surface area (Å²) in [4.78, 5) is 11.4. The molecule has 82 valence electrons. The van der Waals surface area contributed by atoms with Gasteiger partial charge in [-0.25, -0.2) is 0 Å². The smallest absolute Gasteiger partial charge is 0.322 e. The normalized spacial score (nSPS) is 12.1. The molecule has 0 aromatic heterocycles. The van der Waals surface area contributed by atoms with Crippen molar-refractivity contribution in [1.29, 1.82) is 0 Å². The molecule has 0 heterocycles. The topological polar surface area (TPSA) is 46.5 Å². The number of hydrogen-bond donors (Lipinski definition) is 1. The predicted molar refractivity (Wildman–Crippen MR) is 61.0 cm³/mol. The fourth-order valence-corrected chi connectivity index (χ4v) is 1.98. The Kier molecular flexibility index (Phi) is 4.78. The summed E-state index contributed by atoms with van der Waals surface area (Å²) in [6.07, 6.45) is 0. The molecule has 1 aromatic carbocycles. The van der Waals surface area contributed by atoms with Crippen LogP contribution in [0.5, 0.6) is 5.75 Å². The minimum Gasteiger partial charge on any atom is -0.497 e. The molecule has 15 heavy (non-hydrogen) atoms. The van der Waals surface area contributed by atoms with Crippen LogP contribution in [-0.2, 0) is 4.79 Å². The Balaban J connectivity index is 2.53. The van der Waals surface area contributed by atoms with Crippen LogP contribution in [0.2, 0.25) is 0 Å². The molecule has 1 N–H and O–H groups in total. The Labute approximate surface area is 97.4 Å². The lowest BCUT2D eigenvalue weighted by Gasteiger charge is -2.05. The van der Waals surface area contributed by atoms with Gasteiger partial charge in [-0.1, -0.05) is 6.07 Å². The van der Waals surface area contributed by atoms with Crippen LogP contribution in [0, 0.1) is 0 Å². The second-order valence-corrected chi connectivity index (χ2v) is 4.42. The Morgan fingerprint density at radius 1 is 1.67 bits per heavy atom. The molecule has 0 aliphatic rings. The van der Waals surface area contributed by atoms with Gasteiger partial charge in [0.1, 0.15) is 11.1 Å². The van der Waals surface area contributed by atoms with Gasteiger partial charge in [-0.15, -0.1) is 23.4 Å². The number of carboxylic acids is 1. The van der Waals surface area contributed by atoms with Crippen LogP contribution in [-0.4, -0.2) is 29.3 Å². The van der Waals surface area contributed by atoms with Gasteiger partial charge in [0, 0.05) is 10.6 Å². The molecule has 5 heteroatoms. The summed E-state index contributed by atoms with van der Waals surface area (Å²) in [6, 6.07) is 7.42. The second-order valence-electron chi connectivity index (χ2n) is 2.80. The van der Waals surface area contributed by atoms with E-state index in [0.717, 1.165) is 10.6 Å². The molecular weight excluding hydrogens is 236 g/mol. The van der Waals surface area contributed by atoms with E-state index in [9.17, 15) is 4.79 Å². The van der Waals surface area contributed by atoms with Crippen molar-refractivity contribution in [2.75, 3.05) is 12.9 Å². The maximum absolute atomic E-state index is 10.5. The molecule has 1 aromatic rings. The lowest BCUT2D eigenvalue weighted by Crippen LogP contribution is -2.15. The molecule has 0 bridgehead atoms. The first-order valence-electron chi connectivity index (χ1n) is 4.27. The summed E-state index contributed by atoms with van der Waals surface area (Å²) >= 11 is 6.98. The molecule has 0 fully saturated rings. The van der Waals surface area contributed by atoms with Crippen LogP contribution in [0.4, 0.5) is 0 Å². The van der Waals surface area contributed by atoms with E-state index >= 15 is 0 Å². The first-order valence-corrected chi connectivity index (χ1v) is 5.69. The molecule has 0 saturated carbocycles. The van der Waals surface area contributed by atoms with E-state index in [1.165, 1.54) is 11.8 Å². The molecule has 0 aliphatic heterocycles. The number of carboxylic acid groups (broad SMARTS) is 1. The van der Waals surface area contributed by atoms with E-state index in [1.54, 1.807) is 7.11 Å². The highest BCUT2D eigenvalue weighted by Crippen LogP contribution is 2.24. The average molecular weight is 247 g/mol. The number of rotatable bonds is 5. The molecule has 0 spiro atoms. The Morgan fingerprint density at radius 2 is 2.40 bits per heavy atom. The summed E-state index contributed by atoms with van der Waals surface area (Å²) in [7, 11) is 1.59. The molecule has 1 rings (SSSR count). The monoisotopic (exact) mass is 246 g/mol. The van der Waals surface area contributed by atoms with E-state index < -0.39 is 11.3 Å². The number of ether oxygens (including phenoxy) is 1. The van der Waals surface area contributed by atoms with Gasteiger partial charge in [-0.3, -0.25) is 4.79 Å². The Hall–Kier alpha value is -0.870. The third-order valence-electron chi connectivity index (χ3n) is 1.71. The highest BCUT2D eigenvalue weighted by Gasteiger charge is 2.13. The Bertz CT molecular complexity index is 343. The summed E-state index contributed by atoms with van der Waals surface area (Å²) in [6.45, 7) is 0. The number of hydrogen-bond acceptors (Lipinski definition) is 3. The molecule has 1 unspecified atom stereocenters. The quantitative estimate of drug-likeness (QED) is 0.641. The Morgan fingerprint density at radius 3 is 3.00 bits per heavy atom. The van der Waals surface area contributed by atoms with Gasteiger partial charge in [0.25, 0.3) is 0 Å². The van der Waals surface area contributed by atoms with E-state index in [1.807, 2.05) is 24.3 Å². The lowest BCUT2D eigenvalue weighted by atomic mass is 10.3. The van der Waals surface area contributed by atoms with Gasteiger partial charge in [0.2, 0.25) is 0 Å². The molecule has 3 nitrogen and oxygen atoms in total. The molecular formula is C10H11ClO3S. The largest absolute Gasteiger partial charge is 0.497 e. The zero-order chi connectivity index (χ0) is 11.3. The highest BCUT2D eigenvalue weighted by molar-refractivity contribution is 7.99. The van der Waals surface area contributed by atoms with Crippen molar-refractivity contribution in [2.24, 2.45) is 0 Å². The van der Waals surface area contributed by atoms with E-state index in [2.05, 4.69) is 0 Å². The van der Waals surface area contributed by atoms with Crippen molar-refractivity contribution in [2.45, 2.75) is 10.3 Å². The van der Waals surface area contributed by atoms with E-state index in [-0.39, 0.29) is 0 Å². The van der Waals surface area contributed by atoms with Gasteiger partial charge in [0.05, 0.1) is 7.11 Å². The fraction of sp³-hybridized carbons (Fsp3) is 0.300. The molecule has 0 radical (unpaired) electrons. The van der Waals surface area contributed by atoms with Crippen LogP contribution >= 0.6 is 23.4 Å². The van der Waals surface area contributed by atoms with Gasteiger partial charge in [-0.05, 0) is 18.2 Å². The van der Waals surface area contributed by atoms with Gasteiger partial charge < -0.3 is 9.84 Å². The number of carbonyl (C=O) groups is 1. The highest BCUT2D eigenvalue weighted by atomic mass is 35.5. The third-order valence-corrected chi connectivity index (χ3v) is 3.32. The van der Waals surface area contributed by atoms with Crippen LogP contribution in [0.25, 0.3) is 0 Å². The van der Waals surface area contributed by atoms with E-state index in [4.69, 9.17) is 21.4 Å². The summed E-state index contributed by atoms with van der Waals surface area (Å²) < 4.78 is 5.05. The fourth-order valence-electron chi connectivity index (χ4n) is 0.932. The predicted octanol–water partition coefficient (Wildman–Crippen LogP) is 2.48. The number of thioether (sulfide) groups is 1. The minimum atomic E-state index is -0.993. The standard InChI is InChI=1S/C10H11ClO3S/c1-14-7-3-2-4-8(5-7)15-6-9(11)10(12)13/h2-5,9H,6H2,1H3,(H,12,13). The lowest BCUT2D eigenvalue weighted by molar-refractivity contribution is -0.136. The van der Waals surface area contributed by atoms with Crippen molar-refractivity contribution in [1.82, 2.24) is 0 Å². The van der Waals surface area contributed by atoms with Crippen molar-refractivity contribution in [3.8, 4) is 5.75 Å².